The third-order valence-corrected chi connectivity index (χ3v) is 3.10. The van der Waals surface area contributed by atoms with Gasteiger partial charge in [0, 0.05) is 13.2 Å². The number of halogens is 1. The molecule has 1 saturated heterocycles. The maximum atomic E-state index is 13.4. The standard InChI is InChI=1S/C14H19FN2O2/c1-17(9-11-5-4-8-19-11)10-14(18)16-13-7-3-2-6-12(13)15/h2-3,6-7,11H,4-5,8-10H2,1H3,(H,16,18). The number of likely N-dealkylation sites (N-methyl/N-ethyl adjacent to an activating group) is 1. The van der Waals surface area contributed by atoms with Crippen LogP contribution in [0.15, 0.2) is 24.3 Å². The molecule has 1 aliphatic rings. The van der Waals surface area contributed by atoms with Gasteiger partial charge in [-0.15, -0.1) is 0 Å². The van der Waals surface area contributed by atoms with Crippen molar-refractivity contribution in [2.45, 2.75) is 18.9 Å². The first-order chi connectivity index (χ1) is 9.15. The lowest BCUT2D eigenvalue weighted by Crippen LogP contribution is -2.35. The highest BCUT2D eigenvalue weighted by Crippen LogP contribution is 2.14. The van der Waals surface area contributed by atoms with Crippen molar-refractivity contribution in [1.29, 1.82) is 0 Å². The summed E-state index contributed by atoms with van der Waals surface area (Å²) in [5.41, 5.74) is 0.220. The molecule has 1 heterocycles. The average molecular weight is 266 g/mol. The van der Waals surface area contributed by atoms with Gasteiger partial charge < -0.3 is 10.1 Å². The van der Waals surface area contributed by atoms with E-state index in [9.17, 15) is 9.18 Å². The van der Waals surface area contributed by atoms with Crippen LogP contribution >= 0.6 is 0 Å². The van der Waals surface area contributed by atoms with E-state index in [2.05, 4.69) is 5.32 Å². The lowest BCUT2D eigenvalue weighted by Gasteiger charge is -2.19. The summed E-state index contributed by atoms with van der Waals surface area (Å²) >= 11 is 0. The van der Waals surface area contributed by atoms with Gasteiger partial charge in [0.1, 0.15) is 5.82 Å². The SMILES string of the molecule is CN(CC(=O)Nc1ccccc1F)CC1CCCO1. The molecule has 1 unspecified atom stereocenters. The summed E-state index contributed by atoms with van der Waals surface area (Å²) in [4.78, 5) is 13.7. The van der Waals surface area contributed by atoms with Crippen LogP contribution in [-0.4, -0.2) is 43.7 Å². The lowest BCUT2D eigenvalue weighted by molar-refractivity contribution is -0.117. The van der Waals surface area contributed by atoms with Crippen LogP contribution in [-0.2, 0) is 9.53 Å². The van der Waals surface area contributed by atoms with Crippen LogP contribution in [0.1, 0.15) is 12.8 Å². The summed E-state index contributed by atoms with van der Waals surface area (Å²) in [7, 11) is 1.86. The maximum absolute atomic E-state index is 13.4. The Kier molecular flexibility index (Phi) is 4.87. The molecule has 0 bridgehead atoms. The van der Waals surface area contributed by atoms with Crippen LogP contribution in [0, 0.1) is 5.82 Å². The van der Waals surface area contributed by atoms with Crippen LogP contribution in [0.2, 0.25) is 0 Å². The van der Waals surface area contributed by atoms with E-state index in [4.69, 9.17) is 4.74 Å². The molecule has 1 amide bonds. The van der Waals surface area contributed by atoms with Gasteiger partial charge in [0.25, 0.3) is 0 Å². The molecular weight excluding hydrogens is 247 g/mol. The number of carbonyl (C=O) groups excluding carboxylic acids is 1. The van der Waals surface area contributed by atoms with E-state index in [1.807, 2.05) is 11.9 Å². The normalized spacial score (nSPS) is 18.8. The van der Waals surface area contributed by atoms with Crippen molar-refractivity contribution in [2.75, 3.05) is 32.1 Å². The van der Waals surface area contributed by atoms with Crippen molar-refractivity contribution < 1.29 is 13.9 Å². The van der Waals surface area contributed by atoms with Crippen LogP contribution < -0.4 is 5.32 Å². The first kappa shape index (κ1) is 14.0. The summed E-state index contributed by atoms with van der Waals surface area (Å²) in [6.07, 6.45) is 2.34. The Hall–Kier alpha value is -1.46. The van der Waals surface area contributed by atoms with Gasteiger partial charge in [-0.1, -0.05) is 12.1 Å². The zero-order chi connectivity index (χ0) is 13.7. The molecule has 19 heavy (non-hydrogen) atoms. The summed E-state index contributed by atoms with van der Waals surface area (Å²) in [6, 6.07) is 6.16. The Morgan fingerprint density at radius 2 is 2.32 bits per heavy atom. The third kappa shape index (κ3) is 4.29. The van der Waals surface area contributed by atoms with Gasteiger partial charge in [-0.05, 0) is 32.0 Å². The number of hydrogen-bond acceptors (Lipinski definition) is 3. The zero-order valence-corrected chi connectivity index (χ0v) is 11.1. The van der Waals surface area contributed by atoms with Gasteiger partial charge in [-0.25, -0.2) is 4.39 Å². The second-order valence-electron chi connectivity index (χ2n) is 4.86. The molecule has 104 valence electrons. The van der Waals surface area contributed by atoms with E-state index in [-0.39, 0.29) is 24.2 Å². The molecule has 0 spiro atoms. The smallest absolute Gasteiger partial charge is 0.238 e. The number of anilines is 1. The highest BCUT2D eigenvalue weighted by molar-refractivity contribution is 5.92. The highest BCUT2D eigenvalue weighted by atomic mass is 19.1. The molecule has 2 rings (SSSR count). The molecule has 0 aromatic heterocycles. The molecule has 0 radical (unpaired) electrons. The number of benzene rings is 1. The van der Waals surface area contributed by atoms with Crippen LogP contribution in [0.25, 0.3) is 0 Å². The van der Waals surface area contributed by atoms with Crippen molar-refractivity contribution in [2.24, 2.45) is 0 Å². The molecule has 5 heteroatoms. The first-order valence-corrected chi connectivity index (χ1v) is 6.49. The molecule has 0 aliphatic carbocycles. The van der Waals surface area contributed by atoms with Gasteiger partial charge in [0.2, 0.25) is 5.91 Å². The fourth-order valence-corrected chi connectivity index (χ4v) is 2.20. The summed E-state index contributed by atoms with van der Waals surface area (Å²) in [6.45, 7) is 1.76. The Morgan fingerprint density at radius 1 is 1.53 bits per heavy atom. The molecule has 1 aromatic rings. The first-order valence-electron chi connectivity index (χ1n) is 6.49. The minimum absolute atomic E-state index is 0.214. The monoisotopic (exact) mass is 266 g/mol. The van der Waals surface area contributed by atoms with E-state index in [0.717, 1.165) is 26.0 Å². The van der Waals surface area contributed by atoms with Gasteiger partial charge >= 0.3 is 0 Å². The Balaban J connectivity index is 1.79. The van der Waals surface area contributed by atoms with Gasteiger partial charge in [-0.2, -0.15) is 0 Å². The number of hydrogen-bond donors (Lipinski definition) is 1. The van der Waals surface area contributed by atoms with Gasteiger partial charge in [-0.3, -0.25) is 9.69 Å². The fourth-order valence-electron chi connectivity index (χ4n) is 2.20. The van der Waals surface area contributed by atoms with E-state index in [1.165, 1.54) is 6.07 Å². The highest BCUT2D eigenvalue weighted by Gasteiger charge is 2.18. The average Bonchev–Trinajstić information content (AvgIpc) is 2.84. The van der Waals surface area contributed by atoms with Crippen molar-refractivity contribution in [1.82, 2.24) is 4.90 Å². The van der Waals surface area contributed by atoms with Crippen LogP contribution in [0.4, 0.5) is 10.1 Å². The van der Waals surface area contributed by atoms with Crippen LogP contribution in [0.3, 0.4) is 0 Å². The molecule has 0 saturated carbocycles. The molecule has 1 aliphatic heterocycles. The lowest BCUT2D eigenvalue weighted by atomic mass is 10.2. The van der Waals surface area contributed by atoms with E-state index >= 15 is 0 Å². The van der Waals surface area contributed by atoms with Crippen molar-refractivity contribution >= 4 is 11.6 Å². The van der Waals surface area contributed by atoms with Gasteiger partial charge in [0.15, 0.2) is 0 Å². The number of amides is 1. The molecule has 4 nitrogen and oxygen atoms in total. The number of carbonyl (C=O) groups is 1. The molecule has 1 atom stereocenters. The molecule has 1 aromatic carbocycles. The van der Waals surface area contributed by atoms with Crippen LogP contribution in [0.5, 0.6) is 0 Å². The maximum Gasteiger partial charge on any atom is 0.238 e. The Bertz CT molecular complexity index is 433. The minimum atomic E-state index is -0.419. The van der Waals surface area contributed by atoms with E-state index < -0.39 is 5.82 Å². The molecular formula is C14H19FN2O2. The quantitative estimate of drug-likeness (QED) is 0.884. The second-order valence-corrected chi connectivity index (χ2v) is 4.86. The number of nitrogens with one attached hydrogen (secondary N) is 1. The second kappa shape index (κ2) is 6.63. The predicted molar refractivity (Wildman–Crippen MR) is 71.5 cm³/mol. The summed E-state index contributed by atoms with van der Waals surface area (Å²) in [5, 5.41) is 2.57. The van der Waals surface area contributed by atoms with E-state index in [0.29, 0.717) is 0 Å². The predicted octanol–water partition coefficient (Wildman–Crippen LogP) is 1.87. The number of nitrogens with zero attached hydrogens (tertiary/aromatic N) is 1. The fraction of sp³-hybridized carbons (Fsp3) is 0.500. The largest absolute Gasteiger partial charge is 0.377 e. The number of rotatable bonds is 5. The topological polar surface area (TPSA) is 41.6 Å². The zero-order valence-electron chi connectivity index (χ0n) is 11.1. The third-order valence-electron chi connectivity index (χ3n) is 3.10. The summed E-state index contributed by atoms with van der Waals surface area (Å²) < 4.78 is 18.9. The van der Waals surface area contributed by atoms with Crippen molar-refractivity contribution in [3.05, 3.63) is 30.1 Å². The number of ether oxygens (including phenoxy) is 1. The molecule has 1 N–H and O–H groups in total. The minimum Gasteiger partial charge on any atom is -0.377 e. The molecule has 1 fully saturated rings. The number of para-hydroxylation sites is 1. The van der Waals surface area contributed by atoms with Crippen molar-refractivity contribution in [3.8, 4) is 0 Å². The van der Waals surface area contributed by atoms with Crippen molar-refractivity contribution in [3.63, 3.8) is 0 Å². The van der Waals surface area contributed by atoms with Gasteiger partial charge in [0.05, 0.1) is 18.3 Å². The van der Waals surface area contributed by atoms with E-state index in [1.54, 1.807) is 18.2 Å². The Morgan fingerprint density at radius 3 is 3.00 bits per heavy atom. The Labute approximate surface area is 112 Å². The summed E-state index contributed by atoms with van der Waals surface area (Å²) in [5.74, 6) is -0.636.